The van der Waals surface area contributed by atoms with Crippen LogP contribution in [0.2, 0.25) is 0 Å². The maximum atomic E-state index is 13.6. The minimum atomic E-state index is -1.11. The van der Waals surface area contributed by atoms with Gasteiger partial charge >= 0.3 is 17.9 Å². The Morgan fingerprint density at radius 2 is 1.59 bits per heavy atom. The Kier molecular flexibility index (Phi) is 6.55. The third-order valence-electron chi connectivity index (χ3n) is 9.30. The maximum Gasteiger partial charge on any atom is 0.307 e. The van der Waals surface area contributed by atoms with E-state index in [-0.39, 0.29) is 61.4 Å². The van der Waals surface area contributed by atoms with Crippen molar-refractivity contribution in [2.24, 2.45) is 46.3 Å². The van der Waals surface area contributed by atoms with Gasteiger partial charge in [-0.2, -0.15) is 0 Å². The molecule has 3 aliphatic rings. The minimum Gasteiger partial charge on any atom is -0.481 e. The summed E-state index contributed by atoms with van der Waals surface area (Å²) >= 11 is 0. The molecule has 0 aliphatic heterocycles. The Bertz CT molecular complexity index is 834. The molecule has 0 aromatic heterocycles. The van der Waals surface area contributed by atoms with E-state index in [0.717, 1.165) is 6.42 Å². The molecule has 0 spiro atoms. The normalized spacial score (nSPS) is 39.8. The van der Waals surface area contributed by atoms with E-state index in [0.29, 0.717) is 12.8 Å². The molecule has 3 rings (SSSR count). The summed E-state index contributed by atoms with van der Waals surface area (Å²) < 4.78 is 0. The van der Waals surface area contributed by atoms with Crippen molar-refractivity contribution in [1.29, 1.82) is 0 Å². The van der Waals surface area contributed by atoms with Crippen molar-refractivity contribution in [2.75, 3.05) is 0 Å². The van der Waals surface area contributed by atoms with Gasteiger partial charge in [0.2, 0.25) is 0 Å². The van der Waals surface area contributed by atoms with Crippen molar-refractivity contribution in [3.05, 3.63) is 0 Å². The minimum absolute atomic E-state index is 0.00816. The fraction of sp³-hybridized carbons (Fsp3) is 0.792. The number of hydrogen-bond acceptors (Lipinski definition) is 5. The van der Waals surface area contributed by atoms with E-state index in [1.54, 1.807) is 6.92 Å². The molecule has 3 fully saturated rings. The van der Waals surface area contributed by atoms with Gasteiger partial charge in [0.25, 0.3) is 0 Å². The Hall–Kier alpha value is -2.25. The molecule has 8 atom stereocenters. The van der Waals surface area contributed by atoms with Gasteiger partial charge in [-0.25, -0.2) is 0 Å². The monoisotopic (exact) mass is 450 g/mol. The highest BCUT2D eigenvalue weighted by Crippen LogP contribution is 2.65. The number of fused-ring (bicyclic) bond motifs is 3. The fourth-order valence-electron chi connectivity index (χ4n) is 7.48. The first-order chi connectivity index (χ1) is 14.8. The second-order valence-electron chi connectivity index (χ2n) is 10.7. The number of carboxylic acid groups (broad SMARTS) is 3. The molecule has 0 aromatic rings. The van der Waals surface area contributed by atoms with Gasteiger partial charge in [-0.3, -0.25) is 24.0 Å². The molecular formula is C24H34O8. The molecule has 0 heterocycles. The van der Waals surface area contributed by atoms with Gasteiger partial charge in [-0.15, -0.1) is 0 Å². The van der Waals surface area contributed by atoms with Crippen molar-refractivity contribution in [3.63, 3.8) is 0 Å². The van der Waals surface area contributed by atoms with Gasteiger partial charge in [0.1, 0.15) is 11.6 Å². The number of carbonyl (C=O) groups excluding carboxylic acids is 2. The summed E-state index contributed by atoms with van der Waals surface area (Å²) in [6.07, 6.45) is 1.76. The van der Waals surface area contributed by atoms with Crippen molar-refractivity contribution < 1.29 is 39.3 Å². The van der Waals surface area contributed by atoms with Gasteiger partial charge in [-0.05, 0) is 54.8 Å². The quantitative estimate of drug-likeness (QED) is 0.511. The Balaban J connectivity index is 1.96. The summed E-state index contributed by atoms with van der Waals surface area (Å²) in [5, 5.41) is 28.1. The predicted octanol–water partition coefficient (Wildman–Crippen LogP) is 3.27. The molecule has 32 heavy (non-hydrogen) atoms. The number of ketones is 2. The lowest BCUT2D eigenvalue weighted by atomic mass is 9.45. The second kappa shape index (κ2) is 8.60. The molecule has 8 nitrogen and oxygen atoms in total. The topological polar surface area (TPSA) is 146 Å². The number of carbonyl (C=O) groups is 5. The molecule has 3 N–H and O–H groups in total. The highest BCUT2D eigenvalue weighted by Gasteiger charge is 2.66. The zero-order chi connectivity index (χ0) is 24.0. The van der Waals surface area contributed by atoms with E-state index in [1.807, 2.05) is 13.8 Å². The van der Waals surface area contributed by atoms with Crippen LogP contribution in [-0.2, 0) is 24.0 Å². The number of Topliss-reactive ketones (excluding diaryl/α,β-unsaturated/α-hetero) is 2. The zero-order valence-corrected chi connectivity index (χ0v) is 19.0. The summed E-state index contributed by atoms with van der Waals surface area (Å²) in [6.45, 7) is 5.63. The molecule has 0 amide bonds. The van der Waals surface area contributed by atoms with E-state index in [1.165, 1.54) is 0 Å². The van der Waals surface area contributed by atoms with Crippen LogP contribution in [0.15, 0.2) is 0 Å². The van der Waals surface area contributed by atoms with Gasteiger partial charge in [0.05, 0.1) is 5.92 Å². The molecule has 0 radical (unpaired) electrons. The third kappa shape index (κ3) is 3.86. The standard InChI is InChI=1S/C24H34O8/c1-12(4-7-19(27)28)13-5-6-14-21-15(11-18(26)24(13,14)3)23(2,9-8-20(29)30)16(22(31)32)10-17(21)25/h12-16,21H,4-11H2,1-3H3,(H,27,28)(H,29,30)(H,31,32)/t12-,13+,14-,15+,16-,21+,23-,24-/m1/s1. The van der Waals surface area contributed by atoms with Crippen LogP contribution in [0.5, 0.6) is 0 Å². The van der Waals surface area contributed by atoms with Crippen LogP contribution in [0.4, 0.5) is 0 Å². The summed E-state index contributed by atoms with van der Waals surface area (Å²) in [4.78, 5) is 61.3. The van der Waals surface area contributed by atoms with Crippen LogP contribution in [-0.4, -0.2) is 44.8 Å². The fourth-order valence-corrected chi connectivity index (χ4v) is 7.48. The van der Waals surface area contributed by atoms with E-state index in [4.69, 9.17) is 5.11 Å². The van der Waals surface area contributed by atoms with Gasteiger partial charge < -0.3 is 15.3 Å². The van der Waals surface area contributed by atoms with E-state index >= 15 is 0 Å². The van der Waals surface area contributed by atoms with Gasteiger partial charge in [0, 0.05) is 37.0 Å². The van der Waals surface area contributed by atoms with Crippen LogP contribution >= 0.6 is 0 Å². The van der Waals surface area contributed by atoms with Crippen molar-refractivity contribution in [1.82, 2.24) is 0 Å². The van der Waals surface area contributed by atoms with Crippen LogP contribution in [0.1, 0.15) is 72.1 Å². The van der Waals surface area contributed by atoms with Gasteiger partial charge in [-0.1, -0.05) is 20.8 Å². The average molecular weight is 451 g/mol. The number of hydrogen-bond donors (Lipinski definition) is 3. The van der Waals surface area contributed by atoms with E-state index in [9.17, 15) is 34.2 Å². The molecule has 3 saturated carbocycles. The first-order valence-electron chi connectivity index (χ1n) is 11.6. The highest BCUT2D eigenvalue weighted by atomic mass is 16.4. The van der Waals surface area contributed by atoms with Crippen molar-refractivity contribution >= 4 is 29.5 Å². The van der Waals surface area contributed by atoms with Crippen LogP contribution in [0.25, 0.3) is 0 Å². The average Bonchev–Trinajstić information content (AvgIpc) is 3.06. The Morgan fingerprint density at radius 1 is 0.969 bits per heavy atom. The van der Waals surface area contributed by atoms with Crippen LogP contribution < -0.4 is 0 Å². The molecule has 0 bridgehead atoms. The smallest absolute Gasteiger partial charge is 0.307 e. The summed E-state index contributed by atoms with van der Waals surface area (Å²) in [7, 11) is 0. The molecule has 3 aliphatic carbocycles. The summed E-state index contributed by atoms with van der Waals surface area (Å²) in [6, 6.07) is 0. The lowest BCUT2D eigenvalue weighted by molar-refractivity contribution is -0.174. The van der Waals surface area contributed by atoms with E-state index in [2.05, 4.69) is 0 Å². The first-order valence-corrected chi connectivity index (χ1v) is 11.6. The molecule has 8 heteroatoms. The number of rotatable bonds is 8. The van der Waals surface area contributed by atoms with Crippen LogP contribution in [0, 0.1) is 46.3 Å². The summed E-state index contributed by atoms with van der Waals surface area (Å²) in [5.74, 6) is -5.28. The first kappa shape index (κ1) is 24.4. The highest BCUT2D eigenvalue weighted by molar-refractivity contribution is 5.94. The van der Waals surface area contributed by atoms with Crippen LogP contribution in [0.3, 0.4) is 0 Å². The van der Waals surface area contributed by atoms with Gasteiger partial charge in [0.15, 0.2) is 0 Å². The second-order valence-corrected chi connectivity index (χ2v) is 10.7. The maximum absolute atomic E-state index is 13.6. The largest absolute Gasteiger partial charge is 0.481 e. The number of carboxylic acids is 3. The van der Waals surface area contributed by atoms with E-state index < -0.39 is 46.5 Å². The molecule has 0 aromatic carbocycles. The SMILES string of the molecule is C[C@H](CCC(=O)O)[C@@H]1CC[C@@H]2[C@@H]3C(=O)C[C@H](C(=O)O)[C@](C)(CCC(=O)O)[C@H]3CC(=O)[C@@]21C. The zero-order valence-electron chi connectivity index (χ0n) is 19.0. The molecule has 0 unspecified atom stereocenters. The lowest BCUT2D eigenvalue weighted by Gasteiger charge is -2.56. The predicted molar refractivity (Wildman–Crippen MR) is 113 cm³/mol. The Labute approximate surface area is 187 Å². The molecular weight excluding hydrogens is 416 g/mol. The molecule has 178 valence electrons. The number of aliphatic carboxylic acids is 3. The lowest BCUT2D eigenvalue weighted by Crippen LogP contribution is -2.60. The summed E-state index contributed by atoms with van der Waals surface area (Å²) in [5.41, 5.74) is -1.69. The van der Waals surface area contributed by atoms with Crippen molar-refractivity contribution in [3.8, 4) is 0 Å². The Morgan fingerprint density at radius 3 is 2.16 bits per heavy atom. The third-order valence-corrected chi connectivity index (χ3v) is 9.30. The molecule has 0 saturated heterocycles. The van der Waals surface area contributed by atoms with Crippen molar-refractivity contribution in [2.45, 2.75) is 72.1 Å².